The molecule has 1 aromatic heterocycles. The molecule has 0 aliphatic heterocycles. The number of hydrogen-bond acceptors (Lipinski definition) is 3. The lowest BCUT2D eigenvalue weighted by atomic mass is 9.91. The number of para-hydroxylation sites is 1. The van der Waals surface area contributed by atoms with Crippen LogP contribution in [0.5, 0.6) is 0 Å². The fourth-order valence-corrected chi connectivity index (χ4v) is 2.37. The number of aromatic nitrogens is 1. The maximum atomic E-state index is 11.8. The number of anilines is 2. The van der Waals surface area contributed by atoms with Crippen LogP contribution in [-0.2, 0) is 5.41 Å². The second-order valence-electron chi connectivity index (χ2n) is 6.53. The Kier molecular flexibility index (Phi) is 4.22. The number of carbonyl (C=O) groups excluding carboxylic acids is 1. The van der Waals surface area contributed by atoms with Gasteiger partial charge in [0, 0.05) is 23.8 Å². The van der Waals surface area contributed by atoms with Crippen LogP contribution in [0.1, 0.15) is 42.4 Å². The van der Waals surface area contributed by atoms with Gasteiger partial charge in [-0.3, -0.25) is 4.79 Å². The molecule has 2 aromatic rings. The monoisotopic (exact) mass is 297 g/mol. The normalized spacial score (nSPS) is 11.3. The van der Waals surface area contributed by atoms with Gasteiger partial charge in [-0.2, -0.15) is 0 Å². The first-order valence-electron chi connectivity index (χ1n) is 7.32. The molecule has 0 spiro atoms. The van der Waals surface area contributed by atoms with E-state index in [2.05, 4.69) is 20.8 Å². The molecule has 4 heteroatoms. The highest BCUT2D eigenvalue weighted by molar-refractivity contribution is 5.98. The van der Waals surface area contributed by atoms with Gasteiger partial charge >= 0.3 is 0 Å². The van der Waals surface area contributed by atoms with Crippen molar-refractivity contribution >= 4 is 17.4 Å². The van der Waals surface area contributed by atoms with E-state index in [1.54, 1.807) is 6.07 Å². The molecule has 1 heterocycles. The summed E-state index contributed by atoms with van der Waals surface area (Å²) in [6.45, 7) is 8.31. The zero-order valence-electron chi connectivity index (χ0n) is 13.8. The zero-order chi connectivity index (χ0) is 16.5. The largest absolute Gasteiger partial charge is 0.365 e. The van der Waals surface area contributed by atoms with Gasteiger partial charge in [0.05, 0.1) is 5.56 Å². The third-order valence-corrected chi connectivity index (χ3v) is 3.70. The van der Waals surface area contributed by atoms with E-state index in [9.17, 15) is 4.79 Å². The molecule has 116 valence electrons. The van der Waals surface area contributed by atoms with Crippen molar-refractivity contribution in [2.45, 2.75) is 33.1 Å². The molecular weight excluding hydrogens is 274 g/mol. The highest BCUT2D eigenvalue weighted by atomic mass is 16.1. The van der Waals surface area contributed by atoms with Gasteiger partial charge in [0.2, 0.25) is 0 Å². The van der Waals surface area contributed by atoms with Gasteiger partial charge in [0.1, 0.15) is 5.82 Å². The summed E-state index contributed by atoms with van der Waals surface area (Å²) in [5.74, 6) is 0.123. The van der Waals surface area contributed by atoms with Crippen molar-refractivity contribution in [3.8, 4) is 0 Å². The molecular formula is C18H23N3O. The van der Waals surface area contributed by atoms with E-state index < -0.39 is 5.91 Å². The van der Waals surface area contributed by atoms with Crippen molar-refractivity contribution in [3.05, 3.63) is 53.2 Å². The van der Waals surface area contributed by atoms with Gasteiger partial charge in [-0.05, 0) is 30.7 Å². The van der Waals surface area contributed by atoms with Crippen LogP contribution >= 0.6 is 0 Å². The van der Waals surface area contributed by atoms with Crippen molar-refractivity contribution in [1.29, 1.82) is 0 Å². The van der Waals surface area contributed by atoms with Crippen LogP contribution in [0, 0.1) is 6.92 Å². The summed E-state index contributed by atoms with van der Waals surface area (Å²) >= 11 is 0. The SMILES string of the molecule is Cc1ccccc1N(C)c1nc(C(C)(C)C)ccc1C(N)=O. The lowest BCUT2D eigenvalue weighted by Gasteiger charge is -2.25. The summed E-state index contributed by atoms with van der Waals surface area (Å²) in [5, 5.41) is 0. The molecule has 0 aliphatic rings. The average Bonchev–Trinajstić information content (AvgIpc) is 2.45. The van der Waals surface area contributed by atoms with Gasteiger partial charge in [0.15, 0.2) is 0 Å². The number of primary amides is 1. The highest BCUT2D eigenvalue weighted by Gasteiger charge is 2.21. The van der Waals surface area contributed by atoms with Crippen molar-refractivity contribution < 1.29 is 4.79 Å². The van der Waals surface area contributed by atoms with Gasteiger partial charge in [-0.25, -0.2) is 4.98 Å². The number of hydrogen-bond donors (Lipinski definition) is 1. The fraction of sp³-hybridized carbons (Fsp3) is 0.333. The van der Waals surface area contributed by atoms with Gasteiger partial charge in [-0.1, -0.05) is 39.0 Å². The van der Waals surface area contributed by atoms with Crippen LogP contribution < -0.4 is 10.6 Å². The number of amides is 1. The van der Waals surface area contributed by atoms with Gasteiger partial charge in [-0.15, -0.1) is 0 Å². The summed E-state index contributed by atoms with van der Waals surface area (Å²) in [6.07, 6.45) is 0. The number of pyridine rings is 1. The summed E-state index contributed by atoms with van der Waals surface area (Å²) in [6, 6.07) is 11.6. The Balaban J connectivity index is 2.61. The fourth-order valence-electron chi connectivity index (χ4n) is 2.37. The molecule has 0 saturated carbocycles. The molecule has 1 aromatic carbocycles. The van der Waals surface area contributed by atoms with Crippen LogP contribution in [0.15, 0.2) is 36.4 Å². The number of benzene rings is 1. The molecule has 4 nitrogen and oxygen atoms in total. The summed E-state index contributed by atoms with van der Waals surface area (Å²) in [7, 11) is 1.91. The van der Waals surface area contributed by atoms with Crippen LogP contribution in [0.2, 0.25) is 0 Å². The van der Waals surface area contributed by atoms with Crippen LogP contribution in [-0.4, -0.2) is 17.9 Å². The number of nitrogens with zero attached hydrogens (tertiary/aromatic N) is 2. The van der Waals surface area contributed by atoms with Gasteiger partial charge in [0.25, 0.3) is 5.91 Å². The molecule has 0 atom stereocenters. The van der Waals surface area contributed by atoms with E-state index in [0.717, 1.165) is 16.9 Å². The Bertz CT molecular complexity index is 702. The summed E-state index contributed by atoms with van der Waals surface area (Å²) in [4.78, 5) is 18.4. The van der Waals surface area contributed by atoms with E-state index in [-0.39, 0.29) is 5.41 Å². The maximum absolute atomic E-state index is 11.8. The van der Waals surface area contributed by atoms with Crippen LogP contribution in [0.4, 0.5) is 11.5 Å². The molecule has 0 radical (unpaired) electrons. The maximum Gasteiger partial charge on any atom is 0.252 e. The summed E-state index contributed by atoms with van der Waals surface area (Å²) in [5.41, 5.74) is 8.89. The third kappa shape index (κ3) is 3.11. The molecule has 2 N–H and O–H groups in total. The van der Waals surface area contributed by atoms with Crippen LogP contribution in [0.25, 0.3) is 0 Å². The van der Waals surface area contributed by atoms with E-state index in [1.807, 2.05) is 49.2 Å². The zero-order valence-corrected chi connectivity index (χ0v) is 13.8. The highest BCUT2D eigenvalue weighted by Crippen LogP contribution is 2.30. The minimum Gasteiger partial charge on any atom is -0.365 e. The first-order valence-corrected chi connectivity index (χ1v) is 7.32. The van der Waals surface area contributed by atoms with Crippen LogP contribution in [0.3, 0.4) is 0 Å². The second-order valence-corrected chi connectivity index (χ2v) is 6.53. The Labute approximate surface area is 132 Å². The van der Waals surface area contributed by atoms with Gasteiger partial charge < -0.3 is 10.6 Å². The predicted molar refractivity (Wildman–Crippen MR) is 90.7 cm³/mol. The predicted octanol–water partition coefficient (Wildman–Crippen LogP) is 3.55. The van der Waals surface area contributed by atoms with Crippen molar-refractivity contribution in [3.63, 3.8) is 0 Å². The second kappa shape index (κ2) is 5.79. The Morgan fingerprint density at radius 1 is 1.14 bits per heavy atom. The molecule has 0 unspecified atom stereocenters. The molecule has 0 fully saturated rings. The van der Waals surface area contributed by atoms with Crippen molar-refractivity contribution in [2.24, 2.45) is 5.73 Å². The molecule has 2 rings (SSSR count). The molecule has 0 aliphatic carbocycles. The number of nitrogens with two attached hydrogens (primary N) is 1. The smallest absolute Gasteiger partial charge is 0.252 e. The quantitative estimate of drug-likeness (QED) is 0.942. The minimum absolute atomic E-state index is 0.0997. The average molecular weight is 297 g/mol. The Hall–Kier alpha value is -2.36. The number of carbonyl (C=O) groups is 1. The summed E-state index contributed by atoms with van der Waals surface area (Å²) < 4.78 is 0. The van der Waals surface area contributed by atoms with Crippen molar-refractivity contribution in [2.75, 3.05) is 11.9 Å². The first kappa shape index (κ1) is 16.0. The van der Waals surface area contributed by atoms with E-state index in [4.69, 9.17) is 10.7 Å². The minimum atomic E-state index is -0.469. The lowest BCUT2D eigenvalue weighted by molar-refractivity contribution is 0.100. The molecule has 0 bridgehead atoms. The molecule has 22 heavy (non-hydrogen) atoms. The topological polar surface area (TPSA) is 59.2 Å². The van der Waals surface area contributed by atoms with E-state index >= 15 is 0 Å². The third-order valence-electron chi connectivity index (χ3n) is 3.70. The van der Waals surface area contributed by atoms with E-state index in [1.165, 1.54) is 0 Å². The van der Waals surface area contributed by atoms with E-state index in [0.29, 0.717) is 11.4 Å². The molecule has 1 amide bonds. The lowest BCUT2D eigenvalue weighted by Crippen LogP contribution is -2.23. The first-order chi connectivity index (χ1) is 10.2. The number of aryl methyl sites for hydroxylation is 1. The Morgan fingerprint density at radius 2 is 1.77 bits per heavy atom. The van der Waals surface area contributed by atoms with Crippen molar-refractivity contribution in [1.82, 2.24) is 4.98 Å². The number of rotatable bonds is 3. The standard InChI is InChI=1S/C18H23N3O/c1-12-8-6-7-9-14(12)21(5)17-13(16(19)22)10-11-15(20-17)18(2,3)4/h6-11H,1-5H3,(H2,19,22). The Morgan fingerprint density at radius 3 is 2.32 bits per heavy atom. The molecule has 0 saturated heterocycles.